The topological polar surface area (TPSA) is 175 Å². The molecule has 1 saturated heterocycles. The van der Waals surface area contributed by atoms with Crippen molar-refractivity contribution in [1.29, 1.82) is 0 Å². The van der Waals surface area contributed by atoms with Crippen molar-refractivity contribution in [3.63, 3.8) is 0 Å². The van der Waals surface area contributed by atoms with Crippen molar-refractivity contribution >= 4 is 11.9 Å². The van der Waals surface area contributed by atoms with Crippen molar-refractivity contribution in [1.82, 2.24) is 5.32 Å². The minimum Gasteiger partial charge on any atom is -0.454 e. The van der Waals surface area contributed by atoms with E-state index in [1.807, 2.05) is 60.8 Å². The lowest BCUT2D eigenvalue weighted by atomic mass is 9.99. The fourth-order valence-corrected chi connectivity index (χ4v) is 9.97. The number of hydrogen-bond donors (Lipinski definition) is 6. The van der Waals surface area contributed by atoms with Crippen molar-refractivity contribution in [3.8, 4) is 0 Å². The van der Waals surface area contributed by atoms with Crippen molar-refractivity contribution in [2.75, 3.05) is 13.2 Å². The van der Waals surface area contributed by atoms with Crippen LogP contribution in [-0.4, -0.2) is 99.6 Å². The van der Waals surface area contributed by atoms with Gasteiger partial charge in [-0.05, 0) is 64.2 Å². The highest BCUT2D eigenvalue weighted by Gasteiger charge is 2.47. The third-order valence-electron chi connectivity index (χ3n) is 15.2. The van der Waals surface area contributed by atoms with Crippen LogP contribution in [0.1, 0.15) is 278 Å². The summed E-state index contributed by atoms with van der Waals surface area (Å²) >= 11 is 0. The maximum Gasteiger partial charge on any atom is 0.306 e. The molecule has 0 radical (unpaired) electrons. The summed E-state index contributed by atoms with van der Waals surface area (Å²) in [5.74, 6) is -1.27. The molecule has 0 aromatic rings. The number of amides is 1. The molecule has 1 fully saturated rings. The summed E-state index contributed by atoms with van der Waals surface area (Å²) in [5.41, 5.74) is 0. The Kier molecular flexibility index (Phi) is 52.7. The smallest absolute Gasteiger partial charge is 0.306 e. The van der Waals surface area contributed by atoms with Crippen LogP contribution in [0.3, 0.4) is 0 Å². The van der Waals surface area contributed by atoms with Gasteiger partial charge in [-0.1, -0.05) is 292 Å². The summed E-state index contributed by atoms with van der Waals surface area (Å²) in [6, 6.07) is -1.06. The normalized spacial score (nSPS) is 19.3. The number of carbonyl (C=O) groups is 2. The standard InChI is InChI=1S/C69H121NO10/c1-4-7-10-13-16-19-22-25-26-27-28-29-30-31-32-33-34-35-36-37-38-39-42-45-48-51-54-57-64(74)80-67-66(76)65(75)63(58-71)79-69(67)78-59-60(61(72)55-52-49-46-43-40-23-20-17-14-11-8-5-2)70-68(77)62(73)56-53-50-47-44-41-24-21-18-15-12-9-6-3/h9,12,15,18,21,24-26,41,44,47,50,52,55,60-63,65-67,69,71-73,75-76H,4-8,10-11,13-14,16-17,19-20,22-23,27-40,42-43,45-46,48-49,51,53-54,56-59H2,1-3H3,(H,70,77)/b12-9+,18-15+,24-21-,26-25+,44-41-,50-47+,55-52+. The predicted octanol–water partition coefficient (Wildman–Crippen LogP) is 16.1. The lowest BCUT2D eigenvalue weighted by Crippen LogP contribution is -2.61. The van der Waals surface area contributed by atoms with Crippen LogP contribution in [0.5, 0.6) is 0 Å². The number of unbranched alkanes of at least 4 members (excludes halogenated alkanes) is 33. The Morgan fingerprint density at radius 1 is 0.500 bits per heavy atom. The first kappa shape index (κ1) is 74.9. The number of hydrogen-bond acceptors (Lipinski definition) is 10. The second-order valence-corrected chi connectivity index (χ2v) is 22.6. The molecule has 0 saturated carbocycles. The average Bonchev–Trinajstić information content (AvgIpc) is 3.46. The fraction of sp³-hybridized carbons (Fsp3) is 0.768. The second kappa shape index (κ2) is 56.3. The van der Waals surface area contributed by atoms with Gasteiger partial charge < -0.3 is 45.1 Å². The molecule has 1 amide bonds. The van der Waals surface area contributed by atoms with E-state index in [0.29, 0.717) is 12.8 Å². The van der Waals surface area contributed by atoms with Gasteiger partial charge in [0.2, 0.25) is 5.91 Å². The van der Waals surface area contributed by atoms with E-state index >= 15 is 0 Å². The van der Waals surface area contributed by atoms with Crippen molar-refractivity contribution < 1.29 is 49.3 Å². The maximum atomic E-state index is 13.3. The van der Waals surface area contributed by atoms with Crippen molar-refractivity contribution in [3.05, 3.63) is 85.1 Å². The molecule has 1 aliphatic rings. The Hall–Kier alpha value is -3.16. The molecule has 8 unspecified atom stereocenters. The van der Waals surface area contributed by atoms with Crippen LogP contribution >= 0.6 is 0 Å². The molecule has 11 heteroatoms. The highest BCUT2D eigenvalue weighted by atomic mass is 16.7. The van der Waals surface area contributed by atoms with Crippen LogP contribution in [0, 0.1) is 0 Å². The minimum atomic E-state index is -1.63. The van der Waals surface area contributed by atoms with Gasteiger partial charge in [-0.2, -0.15) is 0 Å². The first-order valence-electron chi connectivity index (χ1n) is 32.9. The van der Waals surface area contributed by atoms with Crippen LogP contribution in [-0.2, 0) is 23.8 Å². The van der Waals surface area contributed by atoms with E-state index in [1.165, 1.54) is 180 Å². The molecule has 1 heterocycles. The SMILES string of the molecule is CC/C=C/C=C/C=C\C=C/C=C/CCC(O)C(=O)NC(COC1OC(CO)C(O)C(O)C1OC(=O)CCCCCCCCCCCCCCCCCCC/C=C/CCCCCCCC)C(O)/C=C/CCCCCCCCCCCC. The van der Waals surface area contributed by atoms with Crippen LogP contribution in [0.25, 0.3) is 0 Å². The number of rotatable bonds is 55. The molecule has 462 valence electrons. The number of nitrogens with one attached hydrogen (secondary N) is 1. The van der Waals surface area contributed by atoms with Gasteiger partial charge in [-0.15, -0.1) is 0 Å². The summed E-state index contributed by atoms with van der Waals surface area (Å²) < 4.78 is 17.6. The van der Waals surface area contributed by atoms with E-state index in [2.05, 4.69) is 44.3 Å². The molecule has 1 rings (SSSR count). The van der Waals surface area contributed by atoms with Gasteiger partial charge in [0, 0.05) is 6.42 Å². The Morgan fingerprint density at radius 3 is 1.36 bits per heavy atom. The second-order valence-electron chi connectivity index (χ2n) is 22.6. The molecule has 0 bridgehead atoms. The molecule has 0 aromatic heterocycles. The Bertz CT molecular complexity index is 1620. The predicted molar refractivity (Wildman–Crippen MR) is 333 cm³/mol. The van der Waals surface area contributed by atoms with Crippen molar-refractivity contribution in [2.45, 2.75) is 327 Å². The lowest BCUT2D eigenvalue weighted by Gasteiger charge is -2.41. The number of allylic oxidation sites excluding steroid dienone is 13. The molecular formula is C69H121NO10. The lowest BCUT2D eigenvalue weighted by molar-refractivity contribution is -0.305. The Balaban J connectivity index is 2.56. The summed E-state index contributed by atoms with van der Waals surface area (Å²) in [4.78, 5) is 26.5. The van der Waals surface area contributed by atoms with Crippen LogP contribution in [0.2, 0.25) is 0 Å². The van der Waals surface area contributed by atoms with E-state index in [1.54, 1.807) is 6.08 Å². The summed E-state index contributed by atoms with van der Waals surface area (Å²) in [6.07, 6.45) is 63.8. The number of esters is 1. The molecular weight excluding hydrogens is 1000 g/mol. The van der Waals surface area contributed by atoms with E-state index in [4.69, 9.17) is 14.2 Å². The van der Waals surface area contributed by atoms with Gasteiger partial charge in [0.15, 0.2) is 12.4 Å². The quantitative estimate of drug-likeness (QED) is 0.0149. The fourth-order valence-electron chi connectivity index (χ4n) is 9.97. The highest BCUT2D eigenvalue weighted by Crippen LogP contribution is 2.26. The first-order chi connectivity index (χ1) is 39.2. The average molecular weight is 1120 g/mol. The molecule has 0 aliphatic carbocycles. The molecule has 0 aromatic carbocycles. The maximum absolute atomic E-state index is 13.3. The molecule has 6 N–H and O–H groups in total. The van der Waals surface area contributed by atoms with E-state index in [0.717, 1.165) is 51.4 Å². The van der Waals surface area contributed by atoms with Gasteiger partial charge in [-0.25, -0.2) is 0 Å². The largest absolute Gasteiger partial charge is 0.454 e. The van der Waals surface area contributed by atoms with E-state index in [9.17, 15) is 35.1 Å². The van der Waals surface area contributed by atoms with Gasteiger partial charge in [0.25, 0.3) is 0 Å². The summed E-state index contributed by atoms with van der Waals surface area (Å²) in [5, 5.41) is 56.8. The van der Waals surface area contributed by atoms with Crippen LogP contribution < -0.4 is 5.32 Å². The monoisotopic (exact) mass is 1120 g/mol. The van der Waals surface area contributed by atoms with E-state index in [-0.39, 0.29) is 19.4 Å². The zero-order chi connectivity index (χ0) is 58.2. The minimum absolute atomic E-state index is 0.114. The number of aliphatic hydroxyl groups is 5. The van der Waals surface area contributed by atoms with Gasteiger partial charge in [0.05, 0.1) is 25.4 Å². The zero-order valence-electron chi connectivity index (χ0n) is 51.2. The van der Waals surface area contributed by atoms with Crippen LogP contribution in [0.15, 0.2) is 85.1 Å². The molecule has 1 aliphatic heterocycles. The molecule has 11 nitrogen and oxygen atoms in total. The number of carbonyl (C=O) groups excluding carboxylic acids is 2. The molecule has 80 heavy (non-hydrogen) atoms. The number of aliphatic hydroxyl groups excluding tert-OH is 5. The summed E-state index contributed by atoms with van der Waals surface area (Å²) in [6.45, 7) is 5.60. The highest BCUT2D eigenvalue weighted by molar-refractivity contribution is 5.80. The third-order valence-corrected chi connectivity index (χ3v) is 15.2. The number of ether oxygens (including phenoxy) is 3. The van der Waals surface area contributed by atoms with E-state index < -0.39 is 67.4 Å². The Labute approximate surface area is 489 Å². The molecule has 8 atom stereocenters. The first-order valence-corrected chi connectivity index (χ1v) is 32.9. The van der Waals surface area contributed by atoms with Gasteiger partial charge in [0.1, 0.15) is 24.4 Å². The third kappa shape index (κ3) is 43.5. The van der Waals surface area contributed by atoms with Crippen LogP contribution in [0.4, 0.5) is 0 Å². The molecule has 0 spiro atoms. The summed E-state index contributed by atoms with van der Waals surface area (Å²) in [7, 11) is 0. The van der Waals surface area contributed by atoms with Gasteiger partial charge >= 0.3 is 5.97 Å². The van der Waals surface area contributed by atoms with Gasteiger partial charge in [-0.3, -0.25) is 9.59 Å². The Morgan fingerprint density at radius 2 is 0.912 bits per heavy atom. The zero-order valence-corrected chi connectivity index (χ0v) is 51.2. The van der Waals surface area contributed by atoms with Crippen molar-refractivity contribution in [2.24, 2.45) is 0 Å².